The van der Waals surface area contributed by atoms with Gasteiger partial charge in [0, 0.05) is 18.6 Å². The number of rotatable bonds is 5. The van der Waals surface area contributed by atoms with Crippen molar-refractivity contribution in [1.29, 1.82) is 5.26 Å². The molecule has 9 nitrogen and oxygen atoms in total. The van der Waals surface area contributed by atoms with E-state index in [2.05, 4.69) is 16.0 Å². The van der Waals surface area contributed by atoms with Crippen molar-refractivity contribution in [3.8, 4) is 11.8 Å². The van der Waals surface area contributed by atoms with E-state index in [0.717, 1.165) is 24.8 Å². The van der Waals surface area contributed by atoms with E-state index in [1.165, 1.54) is 6.20 Å². The predicted molar refractivity (Wildman–Crippen MR) is 112 cm³/mol. The van der Waals surface area contributed by atoms with Gasteiger partial charge in [0.25, 0.3) is 0 Å². The summed E-state index contributed by atoms with van der Waals surface area (Å²) in [5.74, 6) is 1.02. The molecule has 2 aliphatic heterocycles. The van der Waals surface area contributed by atoms with Crippen LogP contribution in [0, 0.1) is 11.3 Å². The Balaban J connectivity index is 1.76. The minimum atomic E-state index is -0.657. The Bertz CT molecular complexity index is 1040. The first-order valence-electron chi connectivity index (χ1n) is 10.4. The smallest absolute Gasteiger partial charge is 0.426 e. The predicted octanol–water partition coefficient (Wildman–Crippen LogP) is 2.77. The first kappa shape index (κ1) is 20.9. The van der Waals surface area contributed by atoms with E-state index < -0.39 is 10.5 Å². The SMILES string of the molecule is N#Cc1cnc([N+]2(C(N)=O)CCCc3ccc(C=O)nc32)cc1OCC1CCCCO1. The van der Waals surface area contributed by atoms with E-state index in [0.29, 0.717) is 56.3 Å². The van der Waals surface area contributed by atoms with Crippen LogP contribution in [-0.4, -0.2) is 48.1 Å². The molecule has 0 radical (unpaired) electrons. The minimum absolute atomic E-state index is 0.0382. The van der Waals surface area contributed by atoms with Crippen LogP contribution in [-0.2, 0) is 11.2 Å². The number of aromatic nitrogens is 2. The fraction of sp³-hybridized carbons (Fsp3) is 0.409. The molecule has 2 amide bonds. The molecule has 0 saturated carbocycles. The molecule has 1 fully saturated rings. The zero-order chi connectivity index (χ0) is 21.8. The number of nitriles is 1. The largest absolute Gasteiger partial charge is 0.489 e. The van der Waals surface area contributed by atoms with Crippen LogP contribution in [0.3, 0.4) is 0 Å². The number of carbonyl (C=O) groups excluding carboxylic acids is 2. The summed E-state index contributed by atoms with van der Waals surface area (Å²) >= 11 is 0. The first-order valence-corrected chi connectivity index (χ1v) is 10.4. The van der Waals surface area contributed by atoms with Crippen molar-refractivity contribution in [2.75, 3.05) is 19.8 Å². The highest BCUT2D eigenvalue weighted by molar-refractivity contribution is 5.92. The van der Waals surface area contributed by atoms with Crippen LogP contribution in [0.1, 0.15) is 47.3 Å². The molecule has 4 rings (SSSR count). The van der Waals surface area contributed by atoms with Gasteiger partial charge < -0.3 is 15.2 Å². The van der Waals surface area contributed by atoms with Gasteiger partial charge >= 0.3 is 6.03 Å². The standard InChI is InChI=1S/C22H23N5O4/c23-11-16-12-25-20(10-19(16)31-14-18-5-1-2-9-30-18)27(22(24)29)8-3-4-15-6-7-17(13-28)26-21(15)27/h6-7,10,12-13,18H,1-5,8-9,14H2,(H-,24,29)/p+1. The number of nitrogens with zero attached hydrogens (tertiary/aromatic N) is 4. The van der Waals surface area contributed by atoms with Gasteiger partial charge in [-0.3, -0.25) is 4.79 Å². The molecule has 1 saturated heterocycles. The molecule has 160 valence electrons. The van der Waals surface area contributed by atoms with E-state index >= 15 is 0 Å². The Morgan fingerprint density at radius 2 is 2.26 bits per heavy atom. The third-order valence-corrected chi connectivity index (χ3v) is 5.84. The lowest BCUT2D eigenvalue weighted by molar-refractivity contribution is -0.0111. The Kier molecular flexibility index (Phi) is 5.93. The van der Waals surface area contributed by atoms with Gasteiger partial charge in [-0.2, -0.15) is 10.2 Å². The number of ether oxygens (including phenoxy) is 2. The molecule has 0 aliphatic carbocycles. The highest BCUT2D eigenvalue weighted by Gasteiger charge is 2.47. The third kappa shape index (κ3) is 3.87. The maximum atomic E-state index is 12.8. The summed E-state index contributed by atoms with van der Waals surface area (Å²) in [5, 5.41) is 9.51. The van der Waals surface area contributed by atoms with Crippen LogP contribution in [0.5, 0.6) is 5.75 Å². The van der Waals surface area contributed by atoms with Gasteiger partial charge in [-0.15, -0.1) is 4.48 Å². The molecule has 2 aromatic rings. The normalized spacial score (nSPS) is 22.7. The molecule has 0 aromatic carbocycles. The van der Waals surface area contributed by atoms with Crippen molar-refractivity contribution >= 4 is 24.0 Å². The fourth-order valence-corrected chi connectivity index (χ4v) is 4.21. The van der Waals surface area contributed by atoms with E-state index in [1.807, 2.05) is 0 Å². The molecule has 0 spiro atoms. The van der Waals surface area contributed by atoms with Crippen LogP contribution < -0.4 is 15.0 Å². The molecule has 9 heteroatoms. The summed E-state index contributed by atoms with van der Waals surface area (Å²) < 4.78 is 11.2. The Morgan fingerprint density at radius 3 is 2.97 bits per heavy atom. The number of amides is 2. The number of urea groups is 1. The maximum Gasteiger partial charge on any atom is 0.426 e. The van der Waals surface area contributed by atoms with Crippen molar-refractivity contribution in [3.05, 3.63) is 41.2 Å². The van der Waals surface area contributed by atoms with Gasteiger partial charge in [0.1, 0.15) is 36.2 Å². The van der Waals surface area contributed by atoms with Crippen LogP contribution in [0.25, 0.3) is 0 Å². The number of carbonyl (C=O) groups is 2. The lowest BCUT2D eigenvalue weighted by Gasteiger charge is -2.35. The molecule has 31 heavy (non-hydrogen) atoms. The number of pyridine rings is 2. The van der Waals surface area contributed by atoms with Crippen molar-refractivity contribution in [2.24, 2.45) is 5.73 Å². The van der Waals surface area contributed by atoms with E-state index in [4.69, 9.17) is 15.2 Å². The molecule has 4 heterocycles. The number of aldehydes is 1. The first-order chi connectivity index (χ1) is 15.1. The van der Waals surface area contributed by atoms with E-state index in [1.54, 1.807) is 18.2 Å². The van der Waals surface area contributed by atoms with Gasteiger partial charge in [-0.05, 0) is 37.8 Å². The second kappa shape index (κ2) is 8.79. The Morgan fingerprint density at radius 1 is 1.39 bits per heavy atom. The van der Waals surface area contributed by atoms with E-state index in [9.17, 15) is 14.9 Å². The highest BCUT2D eigenvalue weighted by Crippen LogP contribution is 2.40. The summed E-state index contributed by atoms with van der Waals surface area (Å²) in [4.78, 5) is 32.9. The summed E-state index contributed by atoms with van der Waals surface area (Å²) in [7, 11) is 0. The van der Waals surface area contributed by atoms with Crippen LogP contribution in [0.4, 0.5) is 16.4 Å². The average molecular weight is 422 g/mol. The number of hydrogen-bond acceptors (Lipinski definition) is 7. The average Bonchev–Trinajstić information content (AvgIpc) is 2.82. The summed E-state index contributed by atoms with van der Waals surface area (Å²) in [6, 6.07) is 6.42. The number of quaternary nitrogens is 1. The molecule has 2 aliphatic rings. The number of hydrogen-bond donors (Lipinski definition) is 1. The molecule has 2 atom stereocenters. The summed E-state index contributed by atoms with van der Waals surface area (Å²) in [5.41, 5.74) is 7.19. The molecular weight excluding hydrogens is 398 g/mol. The van der Waals surface area contributed by atoms with Gasteiger partial charge in [0.2, 0.25) is 11.6 Å². The minimum Gasteiger partial charge on any atom is -0.489 e. The summed E-state index contributed by atoms with van der Waals surface area (Å²) in [6.07, 6.45) is 6.38. The molecule has 2 N–H and O–H groups in total. The van der Waals surface area contributed by atoms with Crippen LogP contribution in [0.15, 0.2) is 24.4 Å². The van der Waals surface area contributed by atoms with Crippen LogP contribution >= 0.6 is 0 Å². The second-order valence-corrected chi connectivity index (χ2v) is 7.76. The lowest BCUT2D eigenvalue weighted by atomic mass is 10.0. The van der Waals surface area contributed by atoms with Gasteiger partial charge in [0.05, 0.1) is 18.4 Å². The molecule has 2 unspecified atom stereocenters. The molecular formula is C22H24N5O4+. The maximum absolute atomic E-state index is 12.8. The van der Waals surface area contributed by atoms with Gasteiger partial charge in [0.15, 0.2) is 6.29 Å². The number of nitrogens with two attached hydrogens (primary N) is 1. The van der Waals surface area contributed by atoms with Crippen molar-refractivity contribution in [2.45, 2.75) is 38.2 Å². The Labute approximate surface area is 180 Å². The number of fused-ring (bicyclic) bond motifs is 1. The van der Waals surface area contributed by atoms with Crippen molar-refractivity contribution < 1.29 is 19.1 Å². The molecule has 2 aromatic heterocycles. The summed E-state index contributed by atoms with van der Waals surface area (Å²) in [6.45, 7) is 1.35. The topological polar surface area (TPSA) is 128 Å². The van der Waals surface area contributed by atoms with E-state index in [-0.39, 0.29) is 17.4 Å². The Hall–Kier alpha value is -3.35. The fourth-order valence-electron chi connectivity index (χ4n) is 4.21. The van der Waals surface area contributed by atoms with Crippen molar-refractivity contribution in [3.63, 3.8) is 0 Å². The van der Waals surface area contributed by atoms with Gasteiger partial charge in [-0.1, -0.05) is 0 Å². The second-order valence-electron chi connectivity index (χ2n) is 7.76. The monoisotopic (exact) mass is 422 g/mol. The zero-order valence-electron chi connectivity index (χ0n) is 17.1. The van der Waals surface area contributed by atoms with Crippen molar-refractivity contribution in [1.82, 2.24) is 14.5 Å². The number of primary amides is 1. The highest BCUT2D eigenvalue weighted by atomic mass is 16.5. The van der Waals surface area contributed by atoms with Crippen LogP contribution in [0.2, 0.25) is 0 Å². The molecule has 0 bridgehead atoms. The third-order valence-electron chi connectivity index (χ3n) is 5.84. The zero-order valence-corrected chi connectivity index (χ0v) is 17.1. The lowest BCUT2D eigenvalue weighted by Crippen LogP contribution is -2.56. The van der Waals surface area contributed by atoms with Gasteiger partial charge in [-0.25, -0.2) is 9.78 Å². The quantitative estimate of drug-likeness (QED) is 0.579. The number of aryl methyl sites for hydroxylation is 1.